The fourth-order valence-corrected chi connectivity index (χ4v) is 2.57. The van der Waals surface area contributed by atoms with E-state index in [0.717, 1.165) is 24.8 Å². The van der Waals surface area contributed by atoms with Gasteiger partial charge in [0, 0.05) is 0 Å². The number of ether oxygens (including phenoxy) is 2. The molecule has 0 aliphatic heterocycles. The van der Waals surface area contributed by atoms with E-state index in [0.29, 0.717) is 19.8 Å². The maximum Gasteiger partial charge on any atom is 0.308 e. The lowest BCUT2D eigenvalue weighted by Crippen LogP contribution is -2.19. The number of esters is 1. The molecule has 0 amide bonds. The van der Waals surface area contributed by atoms with Crippen molar-refractivity contribution in [2.24, 2.45) is 5.92 Å². The van der Waals surface area contributed by atoms with Gasteiger partial charge in [0.2, 0.25) is 0 Å². The highest BCUT2D eigenvalue weighted by Crippen LogP contribution is 2.16. The zero-order valence-corrected chi connectivity index (χ0v) is 14.8. The van der Waals surface area contributed by atoms with E-state index >= 15 is 0 Å². The number of hydrogen-bond acceptors (Lipinski definition) is 3. The summed E-state index contributed by atoms with van der Waals surface area (Å²) in [6.45, 7) is 5.63. The molecule has 0 heterocycles. The summed E-state index contributed by atoms with van der Waals surface area (Å²) in [6.07, 6.45) is 7.97. The van der Waals surface area contributed by atoms with Gasteiger partial charge in [-0.05, 0) is 18.4 Å². The molecule has 0 aliphatic carbocycles. The van der Waals surface area contributed by atoms with Crippen molar-refractivity contribution in [1.82, 2.24) is 0 Å². The smallest absolute Gasteiger partial charge is 0.308 e. The Morgan fingerprint density at radius 3 is 2.43 bits per heavy atom. The van der Waals surface area contributed by atoms with Gasteiger partial charge in [-0.3, -0.25) is 4.79 Å². The summed E-state index contributed by atoms with van der Waals surface area (Å²) in [5.41, 5.74) is 1.14. The predicted molar refractivity (Wildman–Crippen MR) is 94.2 cm³/mol. The lowest BCUT2D eigenvalue weighted by atomic mass is 9.98. The van der Waals surface area contributed by atoms with Gasteiger partial charge in [0.05, 0.1) is 19.1 Å². The molecule has 0 bridgehead atoms. The molecule has 130 valence electrons. The Kier molecular flexibility index (Phi) is 11.2. The largest absolute Gasteiger partial charge is 0.463 e. The molecule has 23 heavy (non-hydrogen) atoms. The minimum Gasteiger partial charge on any atom is -0.463 e. The summed E-state index contributed by atoms with van der Waals surface area (Å²) < 4.78 is 10.9. The summed E-state index contributed by atoms with van der Waals surface area (Å²) in [5, 5.41) is 0. The number of unbranched alkanes of at least 4 members (excludes halogenated alkanes) is 4. The normalized spacial score (nSPS) is 12.1. The molecule has 1 unspecified atom stereocenters. The van der Waals surface area contributed by atoms with Crippen LogP contribution in [0.5, 0.6) is 0 Å². The first-order chi connectivity index (χ1) is 11.3. The summed E-state index contributed by atoms with van der Waals surface area (Å²) in [6, 6.07) is 10.0. The second-order valence-corrected chi connectivity index (χ2v) is 6.01. The van der Waals surface area contributed by atoms with E-state index in [2.05, 4.69) is 13.8 Å². The fraction of sp³-hybridized carbons (Fsp3) is 0.650. The molecular formula is C20H32O3. The highest BCUT2D eigenvalue weighted by Gasteiger charge is 2.17. The first-order valence-electron chi connectivity index (χ1n) is 9.06. The van der Waals surface area contributed by atoms with Gasteiger partial charge < -0.3 is 9.47 Å². The SMILES string of the molecule is CCCCCCCC(CC)C(=O)OCCOCc1ccccc1. The summed E-state index contributed by atoms with van der Waals surface area (Å²) in [7, 11) is 0. The van der Waals surface area contributed by atoms with Crippen LogP contribution >= 0.6 is 0 Å². The molecule has 3 heteroatoms. The number of carbonyl (C=O) groups excluding carboxylic acids is 1. The molecule has 0 aliphatic rings. The molecule has 0 N–H and O–H groups in total. The Labute approximate surface area is 141 Å². The highest BCUT2D eigenvalue weighted by molar-refractivity contribution is 5.72. The van der Waals surface area contributed by atoms with Crippen LogP contribution in [0.15, 0.2) is 30.3 Å². The molecule has 1 aromatic carbocycles. The van der Waals surface area contributed by atoms with Crippen molar-refractivity contribution in [2.75, 3.05) is 13.2 Å². The first-order valence-corrected chi connectivity index (χ1v) is 9.06. The van der Waals surface area contributed by atoms with E-state index in [4.69, 9.17) is 9.47 Å². The average molecular weight is 320 g/mol. The van der Waals surface area contributed by atoms with Crippen molar-refractivity contribution >= 4 is 5.97 Å². The van der Waals surface area contributed by atoms with Crippen LogP contribution in [-0.2, 0) is 20.9 Å². The van der Waals surface area contributed by atoms with E-state index < -0.39 is 0 Å². The third-order valence-electron chi connectivity index (χ3n) is 4.07. The third-order valence-corrected chi connectivity index (χ3v) is 4.07. The average Bonchev–Trinajstić information content (AvgIpc) is 2.58. The molecule has 0 radical (unpaired) electrons. The Balaban J connectivity index is 2.08. The van der Waals surface area contributed by atoms with E-state index in [1.807, 2.05) is 30.3 Å². The Bertz CT molecular complexity index is 403. The van der Waals surface area contributed by atoms with Crippen LogP contribution in [0.1, 0.15) is 64.4 Å². The van der Waals surface area contributed by atoms with Crippen LogP contribution in [0.4, 0.5) is 0 Å². The number of hydrogen-bond donors (Lipinski definition) is 0. The molecule has 1 rings (SSSR count). The Morgan fingerprint density at radius 1 is 1.00 bits per heavy atom. The van der Waals surface area contributed by atoms with Crippen molar-refractivity contribution < 1.29 is 14.3 Å². The molecule has 3 nitrogen and oxygen atoms in total. The quantitative estimate of drug-likeness (QED) is 0.373. The monoisotopic (exact) mass is 320 g/mol. The minimum absolute atomic E-state index is 0.0470. The lowest BCUT2D eigenvalue weighted by Gasteiger charge is -2.14. The van der Waals surface area contributed by atoms with Gasteiger partial charge in [-0.15, -0.1) is 0 Å². The summed E-state index contributed by atoms with van der Waals surface area (Å²) in [5.74, 6) is -0.0166. The van der Waals surface area contributed by atoms with Crippen LogP contribution in [0.2, 0.25) is 0 Å². The Morgan fingerprint density at radius 2 is 1.74 bits per heavy atom. The van der Waals surface area contributed by atoms with Crippen molar-refractivity contribution in [3.05, 3.63) is 35.9 Å². The molecule has 0 fully saturated rings. The van der Waals surface area contributed by atoms with Crippen LogP contribution in [0.3, 0.4) is 0 Å². The maximum absolute atomic E-state index is 12.0. The van der Waals surface area contributed by atoms with Crippen molar-refractivity contribution in [3.63, 3.8) is 0 Å². The van der Waals surface area contributed by atoms with Crippen LogP contribution in [-0.4, -0.2) is 19.2 Å². The van der Waals surface area contributed by atoms with Gasteiger partial charge in [0.15, 0.2) is 0 Å². The van der Waals surface area contributed by atoms with Gasteiger partial charge >= 0.3 is 5.97 Å². The van der Waals surface area contributed by atoms with Gasteiger partial charge in [-0.25, -0.2) is 0 Å². The molecule has 1 atom stereocenters. The topological polar surface area (TPSA) is 35.5 Å². The van der Waals surface area contributed by atoms with Gasteiger partial charge in [0.25, 0.3) is 0 Å². The lowest BCUT2D eigenvalue weighted by molar-refractivity contribution is -0.150. The van der Waals surface area contributed by atoms with E-state index in [-0.39, 0.29) is 11.9 Å². The molecule has 0 aromatic heterocycles. The van der Waals surface area contributed by atoms with Gasteiger partial charge in [0.1, 0.15) is 6.61 Å². The Hall–Kier alpha value is -1.35. The van der Waals surface area contributed by atoms with Crippen molar-refractivity contribution in [3.8, 4) is 0 Å². The molecule has 0 saturated carbocycles. The highest BCUT2D eigenvalue weighted by atomic mass is 16.6. The third kappa shape index (κ3) is 9.39. The summed E-state index contributed by atoms with van der Waals surface area (Å²) >= 11 is 0. The maximum atomic E-state index is 12.0. The van der Waals surface area contributed by atoms with Crippen LogP contribution < -0.4 is 0 Å². The molecular weight excluding hydrogens is 288 g/mol. The van der Waals surface area contributed by atoms with Crippen molar-refractivity contribution in [2.45, 2.75) is 65.4 Å². The van der Waals surface area contributed by atoms with Gasteiger partial charge in [-0.2, -0.15) is 0 Å². The van der Waals surface area contributed by atoms with Gasteiger partial charge in [-0.1, -0.05) is 76.3 Å². The number of carbonyl (C=O) groups is 1. The standard InChI is InChI=1S/C20H32O3/c1-3-5-6-7-11-14-19(4-2)20(21)23-16-15-22-17-18-12-9-8-10-13-18/h8-10,12-13,19H,3-7,11,14-17H2,1-2H3. The predicted octanol–water partition coefficient (Wildman–Crippen LogP) is 5.13. The van der Waals surface area contributed by atoms with Crippen LogP contribution in [0.25, 0.3) is 0 Å². The van der Waals surface area contributed by atoms with Crippen molar-refractivity contribution in [1.29, 1.82) is 0 Å². The first kappa shape index (κ1) is 19.7. The zero-order valence-electron chi connectivity index (χ0n) is 14.8. The minimum atomic E-state index is -0.0636. The fourth-order valence-electron chi connectivity index (χ4n) is 2.57. The molecule has 0 saturated heterocycles. The number of benzene rings is 1. The van der Waals surface area contributed by atoms with E-state index in [9.17, 15) is 4.79 Å². The molecule has 0 spiro atoms. The van der Waals surface area contributed by atoms with E-state index in [1.165, 1.54) is 25.7 Å². The molecule has 1 aromatic rings. The summed E-state index contributed by atoms with van der Waals surface area (Å²) in [4.78, 5) is 12.0. The van der Waals surface area contributed by atoms with E-state index in [1.54, 1.807) is 0 Å². The van der Waals surface area contributed by atoms with Crippen LogP contribution in [0, 0.1) is 5.92 Å². The number of rotatable bonds is 13. The zero-order chi connectivity index (χ0) is 16.8. The second kappa shape index (κ2) is 13.1. The second-order valence-electron chi connectivity index (χ2n) is 6.01.